The maximum atomic E-state index is 12.1. The minimum atomic E-state index is -0.490. The summed E-state index contributed by atoms with van der Waals surface area (Å²) in [5, 5.41) is 11.8. The number of carbonyl (C=O) groups is 2. The van der Waals surface area contributed by atoms with E-state index in [-0.39, 0.29) is 5.57 Å². The molecule has 0 spiro atoms. The second-order valence-electron chi connectivity index (χ2n) is 4.60. The highest BCUT2D eigenvalue weighted by Gasteiger charge is 2.10. The maximum Gasteiger partial charge on any atom is 0.337 e. The van der Waals surface area contributed by atoms with Crippen LogP contribution >= 0.6 is 0 Å². The average molecular weight is 306 g/mol. The number of benzene rings is 2. The first-order valence-corrected chi connectivity index (χ1v) is 6.80. The number of ether oxygens (including phenoxy) is 1. The van der Waals surface area contributed by atoms with Crippen LogP contribution in [0.3, 0.4) is 0 Å². The van der Waals surface area contributed by atoms with Crippen LogP contribution in [0.2, 0.25) is 0 Å². The molecule has 0 heterocycles. The lowest BCUT2D eigenvalue weighted by molar-refractivity contribution is -0.112. The monoisotopic (exact) mass is 306 g/mol. The molecule has 0 aliphatic carbocycles. The summed E-state index contributed by atoms with van der Waals surface area (Å²) in [4.78, 5) is 23.5. The van der Waals surface area contributed by atoms with Crippen molar-refractivity contribution in [1.29, 1.82) is 5.26 Å². The van der Waals surface area contributed by atoms with Crippen molar-refractivity contribution in [3.05, 3.63) is 71.3 Å². The van der Waals surface area contributed by atoms with Gasteiger partial charge in [0.15, 0.2) is 0 Å². The van der Waals surface area contributed by atoms with Crippen LogP contribution in [0.5, 0.6) is 0 Å². The highest BCUT2D eigenvalue weighted by Crippen LogP contribution is 2.12. The highest BCUT2D eigenvalue weighted by molar-refractivity contribution is 6.09. The third kappa shape index (κ3) is 4.29. The SMILES string of the molecule is COC(=O)c1ccc(C=C(C#N)C(=O)Nc2ccccc2)cc1. The molecule has 0 saturated carbocycles. The van der Waals surface area contributed by atoms with E-state index >= 15 is 0 Å². The number of hydrogen-bond acceptors (Lipinski definition) is 4. The van der Waals surface area contributed by atoms with Crippen LogP contribution in [0.4, 0.5) is 5.69 Å². The van der Waals surface area contributed by atoms with Gasteiger partial charge >= 0.3 is 5.97 Å². The highest BCUT2D eigenvalue weighted by atomic mass is 16.5. The minimum absolute atomic E-state index is 0.0281. The number of carbonyl (C=O) groups excluding carboxylic acids is 2. The molecule has 0 fully saturated rings. The number of amides is 1. The van der Waals surface area contributed by atoms with Gasteiger partial charge in [-0.1, -0.05) is 30.3 Å². The van der Waals surface area contributed by atoms with Gasteiger partial charge in [-0.2, -0.15) is 5.26 Å². The topological polar surface area (TPSA) is 79.2 Å². The molecular weight excluding hydrogens is 292 g/mol. The summed E-state index contributed by atoms with van der Waals surface area (Å²) < 4.78 is 4.61. The summed E-state index contributed by atoms with van der Waals surface area (Å²) in [7, 11) is 1.30. The van der Waals surface area contributed by atoms with Crippen LogP contribution in [-0.4, -0.2) is 19.0 Å². The summed E-state index contributed by atoms with van der Waals surface area (Å²) in [6, 6.07) is 17.2. The number of rotatable bonds is 4. The number of nitriles is 1. The van der Waals surface area contributed by atoms with Crippen LogP contribution in [0.15, 0.2) is 60.2 Å². The second-order valence-corrected chi connectivity index (χ2v) is 4.60. The lowest BCUT2D eigenvalue weighted by Crippen LogP contribution is -2.13. The summed E-state index contributed by atoms with van der Waals surface area (Å²) in [5.41, 5.74) is 1.62. The summed E-state index contributed by atoms with van der Waals surface area (Å²) >= 11 is 0. The number of methoxy groups -OCH3 is 1. The minimum Gasteiger partial charge on any atom is -0.465 e. The lowest BCUT2D eigenvalue weighted by Gasteiger charge is -2.04. The smallest absolute Gasteiger partial charge is 0.337 e. The summed E-state index contributed by atoms with van der Waals surface area (Å²) in [6.07, 6.45) is 1.46. The number of para-hydroxylation sites is 1. The molecule has 5 heteroatoms. The molecule has 2 aromatic rings. The molecule has 0 unspecified atom stereocenters. The fourth-order valence-corrected chi connectivity index (χ4v) is 1.87. The van der Waals surface area contributed by atoms with E-state index in [1.165, 1.54) is 13.2 Å². The number of hydrogen-bond donors (Lipinski definition) is 1. The molecule has 0 saturated heterocycles. The Bertz CT molecular complexity index is 772. The van der Waals surface area contributed by atoms with E-state index in [2.05, 4.69) is 10.1 Å². The van der Waals surface area contributed by atoms with E-state index in [1.54, 1.807) is 48.5 Å². The van der Waals surface area contributed by atoms with Crippen molar-refractivity contribution in [2.24, 2.45) is 0 Å². The third-order valence-electron chi connectivity index (χ3n) is 3.04. The zero-order valence-corrected chi connectivity index (χ0v) is 12.4. The Balaban J connectivity index is 2.16. The van der Waals surface area contributed by atoms with Gasteiger partial charge in [-0.15, -0.1) is 0 Å². The van der Waals surface area contributed by atoms with Crippen LogP contribution in [0, 0.1) is 11.3 Å². The van der Waals surface area contributed by atoms with Gasteiger partial charge in [0.2, 0.25) is 0 Å². The van der Waals surface area contributed by atoms with Crippen molar-refractivity contribution >= 4 is 23.6 Å². The van der Waals surface area contributed by atoms with Crippen molar-refractivity contribution in [3.8, 4) is 6.07 Å². The molecule has 0 aliphatic rings. The average Bonchev–Trinajstić information content (AvgIpc) is 2.60. The Morgan fingerprint density at radius 3 is 2.30 bits per heavy atom. The second kappa shape index (κ2) is 7.57. The quantitative estimate of drug-likeness (QED) is 0.535. The molecule has 114 valence electrons. The zero-order chi connectivity index (χ0) is 16.7. The zero-order valence-electron chi connectivity index (χ0n) is 12.4. The Morgan fingerprint density at radius 1 is 1.09 bits per heavy atom. The first-order chi connectivity index (χ1) is 11.1. The third-order valence-corrected chi connectivity index (χ3v) is 3.04. The number of anilines is 1. The molecular formula is C18H14N2O3. The number of nitrogens with zero attached hydrogens (tertiary/aromatic N) is 1. The Morgan fingerprint density at radius 2 is 1.74 bits per heavy atom. The molecule has 0 radical (unpaired) electrons. The van der Waals surface area contributed by atoms with Crippen molar-refractivity contribution in [1.82, 2.24) is 0 Å². The Labute approximate surface area is 133 Å². The molecule has 5 nitrogen and oxygen atoms in total. The number of esters is 1. The van der Waals surface area contributed by atoms with Crippen LogP contribution < -0.4 is 5.32 Å². The number of nitrogens with one attached hydrogen (secondary N) is 1. The van der Waals surface area contributed by atoms with Crippen molar-refractivity contribution in [2.75, 3.05) is 12.4 Å². The van der Waals surface area contributed by atoms with Gasteiger partial charge in [0.05, 0.1) is 12.7 Å². The van der Waals surface area contributed by atoms with E-state index in [9.17, 15) is 9.59 Å². The first-order valence-electron chi connectivity index (χ1n) is 6.80. The predicted octanol–water partition coefficient (Wildman–Crippen LogP) is 3.02. The van der Waals surface area contributed by atoms with Gasteiger partial charge in [0.25, 0.3) is 5.91 Å². The summed E-state index contributed by atoms with van der Waals surface area (Å²) in [5.74, 6) is -0.932. The molecule has 1 amide bonds. The van der Waals surface area contributed by atoms with E-state index < -0.39 is 11.9 Å². The lowest BCUT2D eigenvalue weighted by atomic mass is 10.1. The predicted molar refractivity (Wildman–Crippen MR) is 86.4 cm³/mol. The maximum absolute atomic E-state index is 12.1. The van der Waals surface area contributed by atoms with Gasteiger partial charge in [-0.05, 0) is 35.9 Å². The largest absolute Gasteiger partial charge is 0.465 e. The summed E-state index contributed by atoms with van der Waals surface area (Å²) in [6.45, 7) is 0. The van der Waals surface area contributed by atoms with Gasteiger partial charge in [0, 0.05) is 5.69 Å². The van der Waals surface area contributed by atoms with Crippen LogP contribution in [-0.2, 0) is 9.53 Å². The van der Waals surface area contributed by atoms with Crippen molar-refractivity contribution in [2.45, 2.75) is 0 Å². The van der Waals surface area contributed by atoms with Crippen LogP contribution in [0.1, 0.15) is 15.9 Å². The van der Waals surface area contributed by atoms with Gasteiger partial charge in [-0.3, -0.25) is 4.79 Å². The van der Waals surface area contributed by atoms with Gasteiger partial charge < -0.3 is 10.1 Å². The van der Waals surface area contributed by atoms with Crippen molar-refractivity contribution < 1.29 is 14.3 Å². The Kier molecular flexibility index (Phi) is 5.26. The fraction of sp³-hybridized carbons (Fsp3) is 0.0556. The van der Waals surface area contributed by atoms with Gasteiger partial charge in [-0.25, -0.2) is 4.79 Å². The first kappa shape index (κ1) is 16.0. The molecule has 1 N–H and O–H groups in total. The van der Waals surface area contributed by atoms with E-state index in [0.29, 0.717) is 16.8 Å². The normalized spacial score (nSPS) is 10.5. The molecule has 0 bridgehead atoms. The van der Waals surface area contributed by atoms with Crippen molar-refractivity contribution in [3.63, 3.8) is 0 Å². The molecule has 0 aliphatic heterocycles. The van der Waals surface area contributed by atoms with Gasteiger partial charge in [0.1, 0.15) is 11.6 Å². The van der Waals surface area contributed by atoms with E-state index in [0.717, 1.165) is 0 Å². The standard InChI is InChI=1S/C18H14N2O3/c1-23-18(22)14-9-7-13(8-10-14)11-15(12-19)17(21)20-16-5-3-2-4-6-16/h2-11H,1H3,(H,20,21). The molecule has 0 aromatic heterocycles. The molecule has 2 aromatic carbocycles. The fourth-order valence-electron chi connectivity index (χ4n) is 1.87. The van der Waals surface area contributed by atoms with E-state index in [4.69, 9.17) is 5.26 Å². The molecule has 23 heavy (non-hydrogen) atoms. The van der Waals surface area contributed by atoms with Crippen LogP contribution in [0.25, 0.3) is 6.08 Å². The molecule has 0 atom stereocenters. The Hall–Kier alpha value is -3.39. The molecule has 2 rings (SSSR count). The van der Waals surface area contributed by atoms with E-state index in [1.807, 2.05) is 12.1 Å².